The first kappa shape index (κ1) is 10.2. The lowest BCUT2D eigenvalue weighted by atomic mass is 9.97. The highest BCUT2D eigenvalue weighted by Crippen LogP contribution is 2.16. The summed E-state index contributed by atoms with van der Waals surface area (Å²) >= 11 is 5.71. The third kappa shape index (κ3) is 2.54. The molecule has 1 aromatic carbocycles. The minimum absolute atomic E-state index is 0.324. The molecule has 0 unspecified atom stereocenters. The molecule has 0 heterocycles. The van der Waals surface area contributed by atoms with E-state index in [-0.39, 0.29) is 5.78 Å². The van der Waals surface area contributed by atoms with Crippen molar-refractivity contribution < 1.29 is 9.90 Å². The van der Waals surface area contributed by atoms with Crippen molar-refractivity contribution in [2.45, 2.75) is 19.4 Å². The first-order chi connectivity index (χ1) is 5.91. The summed E-state index contributed by atoms with van der Waals surface area (Å²) in [6.45, 7) is 2.91. The molecule has 13 heavy (non-hydrogen) atoms. The Hall–Kier alpha value is -0.860. The van der Waals surface area contributed by atoms with E-state index in [9.17, 15) is 9.90 Å². The zero-order valence-electron chi connectivity index (χ0n) is 7.54. The van der Waals surface area contributed by atoms with Gasteiger partial charge in [0.25, 0.3) is 0 Å². The maximum atomic E-state index is 11.5. The summed E-state index contributed by atoms with van der Waals surface area (Å²) in [6.07, 6.45) is 0. The summed E-state index contributed by atoms with van der Waals surface area (Å²) in [4.78, 5) is 11.5. The maximum Gasteiger partial charge on any atom is 0.193 e. The number of benzene rings is 1. The van der Waals surface area contributed by atoms with Crippen LogP contribution in [0.5, 0.6) is 0 Å². The molecule has 0 fully saturated rings. The Morgan fingerprint density at radius 1 is 1.46 bits per heavy atom. The van der Waals surface area contributed by atoms with Gasteiger partial charge in [0.2, 0.25) is 0 Å². The van der Waals surface area contributed by atoms with Crippen LogP contribution in [0.1, 0.15) is 24.2 Å². The standard InChI is InChI=1S/C10H11ClO2/c1-10(2,13)9(12)7-4-3-5-8(11)6-7/h3-6,13H,1-2H3. The summed E-state index contributed by atoms with van der Waals surface area (Å²) in [5, 5.41) is 9.93. The van der Waals surface area contributed by atoms with E-state index in [1.807, 2.05) is 0 Å². The molecule has 70 valence electrons. The first-order valence-corrected chi connectivity index (χ1v) is 4.32. The van der Waals surface area contributed by atoms with Gasteiger partial charge in [-0.05, 0) is 26.0 Å². The Morgan fingerprint density at radius 3 is 2.54 bits per heavy atom. The van der Waals surface area contributed by atoms with Crippen molar-refractivity contribution in [1.82, 2.24) is 0 Å². The Morgan fingerprint density at radius 2 is 2.08 bits per heavy atom. The van der Waals surface area contributed by atoms with Crippen LogP contribution in [0.4, 0.5) is 0 Å². The highest BCUT2D eigenvalue weighted by molar-refractivity contribution is 6.31. The van der Waals surface area contributed by atoms with Crippen LogP contribution in [0.2, 0.25) is 5.02 Å². The maximum absolute atomic E-state index is 11.5. The van der Waals surface area contributed by atoms with Crippen molar-refractivity contribution in [1.29, 1.82) is 0 Å². The molecular weight excluding hydrogens is 188 g/mol. The summed E-state index contributed by atoms with van der Waals surface area (Å²) in [6, 6.07) is 6.54. The predicted molar refractivity (Wildman–Crippen MR) is 52.1 cm³/mol. The van der Waals surface area contributed by atoms with Gasteiger partial charge in [0, 0.05) is 10.6 Å². The van der Waals surface area contributed by atoms with Crippen molar-refractivity contribution in [2.24, 2.45) is 0 Å². The second-order valence-corrected chi connectivity index (χ2v) is 3.83. The van der Waals surface area contributed by atoms with Gasteiger partial charge >= 0.3 is 0 Å². The number of Topliss-reactive ketones (excluding diaryl/α,β-unsaturated/α-hetero) is 1. The van der Waals surface area contributed by atoms with E-state index in [4.69, 9.17) is 11.6 Å². The van der Waals surface area contributed by atoms with E-state index < -0.39 is 5.60 Å². The largest absolute Gasteiger partial charge is 0.382 e. The number of hydrogen-bond donors (Lipinski definition) is 1. The van der Waals surface area contributed by atoms with Gasteiger partial charge in [-0.2, -0.15) is 0 Å². The Balaban J connectivity index is 3.03. The van der Waals surface area contributed by atoms with Gasteiger partial charge in [0.1, 0.15) is 5.60 Å². The van der Waals surface area contributed by atoms with Gasteiger partial charge in [-0.1, -0.05) is 23.7 Å². The second-order valence-electron chi connectivity index (χ2n) is 3.40. The van der Waals surface area contributed by atoms with E-state index in [2.05, 4.69) is 0 Å². The van der Waals surface area contributed by atoms with Crippen LogP contribution in [-0.2, 0) is 0 Å². The molecule has 0 aliphatic heterocycles. The van der Waals surface area contributed by atoms with Crippen LogP contribution < -0.4 is 0 Å². The number of carbonyl (C=O) groups is 1. The van der Waals surface area contributed by atoms with Crippen LogP contribution in [0.3, 0.4) is 0 Å². The normalized spacial score (nSPS) is 11.4. The van der Waals surface area contributed by atoms with Crippen LogP contribution in [-0.4, -0.2) is 16.5 Å². The SMILES string of the molecule is CC(C)(O)C(=O)c1cccc(Cl)c1. The van der Waals surface area contributed by atoms with Gasteiger partial charge in [-0.3, -0.25) is 4.79 Å². The van der Waals surface area contributed by atoms with Crippen LogP contribution in [0, 0.1) is 0 Å². The van der Waals surface area contributed by atoms with Crippen LogP contribution in [0.15, 0.2) is 24.3 Å². The topological polar surface area (TPSA) is 37.3 Å². The predicted octanol–water partition coefficient (Wildman–Crippen LogP) is 2.29. The lowest BCUT2D eigenvalue weighted by molar-refractivity contribution is 0.0488. The summed E-state index contributed by atoms with van der Waals surface area (Å²) in [5.74, 6) is -0.324. The fourth-order valence-electron chi connectivity index (χ4n) is 0.983. The summed E-state index contributed by atoms with van der Waals surface area (Å²) in [7, 11) is 0. The first-order valence-electron chi connectivity index (χ1n) is 3.94. The molecule has 0 aliphatic rings. The number of rotatable bonds is 2. The second kappa shape index (κ2) is 3.48. The average molecular weight is 199 g/mol. The molecule has 0 bridgehead atoms. The highest BCUT2D eigenvalue weighted by atomic mass is 35.5. The molecule has 3 heteroatoms. The molecule has 0 saturated heterocycles. The van der Waals surface area contributed by atoms with E-state index in [1.165, 1.54) is 13.8 Å². The van der Waals surface area contributed by atoms with Crippen molar-refractivity contribution in [3.8, 4) is 0 Å². The van der Waals surface area contributed by atoms with E-state index >= 15 is 0 Å². The van der Waals surface area contributed by atoms with Gasteiger partial charge in [-0.25, -0.2) is 0 Å². The molecular formula is C10H11ClO2. The lowest BCUT2D eigenvalue weighted by Crippen LogP contribution is -2.30. The molecule has 0 aromatic heterocycles. The molecule has 1 rings (SSSR count). The number of hydrogen-bond acceptors (Lipinski definition) is 2. The van der Waals surface area contributed by atoms with Crippen LogP contribution in [0.25, 0.3) is 0 Å². The van der Waals surface area contributed by atoms with Gasteiger partial charge in [-0.15, -0.1) is 0 Å². The lowest BCUT2D eigenvalue weighted by Gasteiger charge is -2.15. The van der Waals surface area contributed by atoms with Crippen molar-refractivity contribution in [2.75, 3.05) is 0 Å². The summed E-state index contributed by atoms with van der Waals surface area (Å²) in [5.41, 5.74) is -0.912. The molecule has 0 saturated carbocycles. The van der Waals surface area contributed by atoms with Crippen molar-refractivity contribution >= 4 is 17.4 Å². The molecule has 0 spiro atoms. The summed E-state index contributed by atoms with van der Waals surface area (Å²) < 4.78 is 0. The number of ketones is 1. The third-order valence-corrected chi connectivity index (χ3v) is 1.88. The van der Waals surface area contributed by atoms with Crippen molar-refractivity contribution in [3.63, 3.8) is 0 Å². The molecule has 2 nitrogen and oxygen atoms in total. The number of aliphatic hydroxyl groups is 1. The Labute approximate surface area is 82.2 Å². The van der Waals surface area contributed by atoms with Gasteiger partial charge in [0.15, 0.2) is 5.78 Å². The highest BCUT2D eigenvalue weighted by Gasteiger charge is 2.24. The van der Waals surface area contributed by atoms with Gasteiger partial charge in [0.05, 0.1) is 0 Å². The number of halogens is 1. The Kier molecular flexibility index (Phi) is 2.74. The average Bonchev–Trinajstić information content (AvgIpc) is 2.01. The zero-order valence-corrected chi connectivity index (χ0v) is 8.30. The third-order valence-electron chi connectivity index (χ3n) is 1.64. The molecule has 0 radical (unpaired) electrons. The number of carbonyl (C=O) groups excluding carboxylic acids is 1. The van der Waals surface area contributed by atoms with Crippen LogP contribution >= 0.6 is 11.6 Å². The monoisotopic (exact) mass is 198 g/mol. The quantitative estimate of drug-likeness (QED) is 0.741. The zero-order chi connectivity index (χ0) is 10.1. The fourth-order valence-corrected chi connectivity index (χ4v) is 1.17. The van der Waals surface area contributed by atoms with E-state index in [1.54, 1.807) is 24.3 Å². The molecule has 0 atom stereocenters. The molecule has 1 N–H and O–H groups in total. The Bertz CT molecular complexity index is 326. The fraction of sp³-hybridized carbons (Fsp3) is 0.300. The van der Waals surface area contributed by atoms with E-state index in [0.717, 1.165) is 0 Å². The van der Waals surface area contributed by atoms with E-state index in [0.29, 0.717) is 10.6 Å². The van der Waals surface area contributed by atoms with Crippen molar-refractivity contribution in [3.05, 3.63) is 34.9 Å². The minimum atomic E-state index is -1.34. The smallest absolute Gasteiger partial charge is 0.193 e. The van der Waals surface area contributed by atoms with Gasteiger partial charge < -0.3 is 5.11 Å². The minimum Gasteiger partial charge on any atom is -0.382 e. The molecule has 0 aliphatic carbocycles. The molecule has 0 amide bonds. The molecule has 1 aromatic rings.